The molecule has 0 aromatic carbocycles. The van der Waals surface area contributed by atoms with Crippen molar-refractivity contribution in [3.8, 4) is 0 Å². The van der Waals surface area contributed by atoms with E-state index >= 15 is 0 Å². The second-order valence-corrected chi connectivity index (χ2v) is 4.44. The lowest BCUT2D eigenvalue weighted by molar-refractivity contribution is 0.364. The first kappa shape index (κ1) is 10.6. The number of aryl methyl sites for hydroxylation is 1. The third-order valence-corrected chi connectivity index (χ3v) is 3.28. The Morgan fingerprint density at radius 1 is 1.47 bits per heavy atom. The largest absolute Gasteiger partial charge is 0.327 e. The third-order valence-electron chi connectivity index (χ3n) is 3.28. The van der Waals surface area contributed by atoms with Gasteiger partial charge in [-0.25, -0.2) is 4.68 Å². The van der Waals surface area contributed by atoms with Crippen LogP contribution < -0.4 is 5.73 Å². The molecule has 4 nitrogen and oxygen atoms in total. The minimum Gasteiger partial charge on any atom is -0.327 e. The van der Waals surface area contributed by atoms with Crippen LogP contribution in [-0.2, 0) is 6.54 Å². The van der Waals surface area contributed by atoms with Crippen LogP contribution in [0.25, 0.3) is 0 Å². The van der Waals surface area contributed by atoms with Crippen LogP contribution in [0, 0.1) is 0 Å². The summed E-state index contributed by atoms with van der Waals surface area (Å²) in [4.78, 5) is 0. The summed E-state index contributed by atoms with van der Waals surface area (Å²) in [6.45, 7) is 3.12. The summed E-state index contributed by atoms with van der Waals surface area (Å²) in [5.41, 5.74) is 7.41. The lowest BCUT2D eigenvalue weighted by atomic mass is 9.83. The number of nitrogens with two attached hydrogens (primary N) is 1. The Balaban J connectivity index is 2.15. The van der Waals surface area contributed by atoms with Gasteiger partial charge in [0.2, 0.25) is 0 Å². The molecule has 0 bridgehead atoms. The highest BCUT2D eigenvalue weighted by atomic mass is 15.4. The number of rotatable bonds is 3. The maximum Gasteiger partial charge on any atom is 0.0728 e. The first-order chi connectivity index (χ1) is 7.33. The summed E-state index contributed by atoms with van der Waals surface area (Å²) in [6.07, 6.45) is 7.88. The monoisotopic (exact) mass is 208 g/mol. The molecule has 1 aromatic rings. The number of hydrogen-bond acceptors (Lipinski definition) is 3. The van der Waals surface area contributed by atoms with Crippen molar-refractivity contribution in [3.63, 3.8) is 0 Å². The highest BCUT2D eigenvalue weighted by Gasteiger charge is 2.26. The van der Waals surface area contributed by atoms with Crippen LogP contribution in [0.15, 0.2) is 6.20 Å². The molecule has 0 aliphatic heterocycles. The van der Waals surface area contributed by atoms with Crippen LogP contribution in [0.2, 0.25) is 0 Å². The van der Waals surface area contributed by atoms with Gasteiger partial charge in [-0.05, 0) is 19.3 Å². The molecule has 1 aliphatic carbocycles. The molecule has 84 valence electrons. The Morgan fingerprint density at radius 2 is 2.27 bits per heavy atom. The van der Waals surface area contributed by atoms with E-state index in [0.717, 1.165) is 19.4 Å². The van der Waals surface area contributed by atoms with Gasteiger partial charge in [0, 0.05) is 18.5 Å². The van der Waals surface area contributed by atoms with Crippen LogP contribution in [0.3, 0.4) is 0 Å². The van der Waals surface area contributed by atoms with Gasteiger partial charge in [-0.1, -0.05) is 25.0 Å². The van der Waals surface area contributed by atoms with Crippen LogP contribution in [-0.4, -0.2) is 21.0 Å². The van der Waals surface area contributed by atoms with Crippen LogP contribution in [0.4, 0.5) is 0 Å². The molecule has 1 saturated carbocycles. The molecule has 15 heavy (non-hydrogen) atoms. The molecule has 0 radical (unpaired) electrons. The fourth-order valence-electron chi connectivity index (χ4n) is 2.47. The first-order valence-corrected chi connectivity index (χ1v) is 5.97. The van der Waals surface area contributed by atoms with Crippen LogP contribution in [0.1, 0.15) is 50.6 Å². The van der Waals surface area contributed by atoms with Crippen molar-refractivity contribution in [2.75, 3.05) is 0 Å². The quantitative estimate of drug-likeness (QED) is 0.822. The average Bonchev–Trinajstić information content (AvgIpc) is 2.67. The summed E-state index contributed by atoms with van der Waals surface area (Å²) in [6, 6.07) is 0.299. The maximum atomic E-state index is 6.17. The van der Waals surface area contributed by atoms with Crippen LogP contribution in [0.5, 0.6) is 0 Å². The number of aromatic nitrogens is 3. The Bertz CT molecular complexity index is 307. The molecule has 2 rings (SSSR count). The van der Waals surface area contributed by atoms with Crippen molar-refractivity contribution >= 4 is 0 Å². The standard InChI is InChI=1S/C11H20N4/c1-2-7-15-11(8-13-14-15)9-5-3-4-6-10(9)12/h8-10H,2-7,12H2,1H3. The Hall–Kier alpha value is -0.900. The molecule has 0 spiro atoms. The van der Waals surface area contributed by atoms with Gasteiger partial charge < -0.3 is 5.73 Å². The fraction of sp³-hybridized carbons (Fsp3) is 0.818. The molecule has 2 N–H and O–H groups in total. The predicted octanol–water partition coefficient (Wildman–Crippen LogP) is 1.67. The molecule has 2 atom stereocenters. The predicted molar refractivity (Wildman–Crippen MR) is 59.5 cm³/mol. The molecule has 1 heterocycles. The molecule has 0 amide bonds. The Labute approximate surface area is 90.8 Å². The second-order valence-electron chi connectivity index (χ2n) is 4.44. The minimum atomic E-state index is 0.299. The van der Waals surface area contributed by atoms with E-state index in [0.29, 0.717) is 12.0 Å². The van der Waals surface area contributed by atoms with E-state index in [4.69, 9.17) is 5.73 Å². The van der Waals surface area contributed by atoms with E-state index in [1.807, 2.05) is 10.9 Å². The fourth-order valence-corrected chi connectivity index (χ4v) is 2.47. The van der Waals surface area contributed by atoms with Crippen LogP contribution >= 0.6 is 0 Å². The van der Waals surface area contributed by atoms with E-state index in [1.165, 1.54) is 25.0 Å². The third kappa shape index (κ3) is 2.20. The minimum absolute atomic E-state index is 0.299. The van der Waals surface area contributed by atoms with Gasteiger partial charge >= 0.3 is 0 Å². The van der Waals surface area contributed by atoms with Gasteiger partial charge in [0.25, 0.3) is 0 Å². The first-order valence-electron chi connectivity index (χ1n) is 5.97. The Morgan fingerprint density at radius 3 is 3.00 bits per heavy atom. The smallest absolute Gasteiger partial charge is 0.0728 e. The zero-order valence-electron chi connectivity index (χ0n) is 9.39. The lowest BCUT2D eigenvalue weighted by Gasteiger charge is -2.28. The lowest BCUT2D eigenvalue weighted by Crippen LogP contribution is -2.32. The SMILES string of the molecule is CCCn1nncc1C1CCCCC1N. The summed E-state index contributed by atoms with van der Waals surface area (Å²) < 4.78 is 2.02. The summed E-state index contributed by atoms with van der Waals surface area (Å²) in [5, 5.41) is 8.13. The van der Waals surface area contributed by atoms with E-state index in [-0.39, 0.29) is 0 Å². The molecule has 4 heteroatoms. The maximum absolute atomic E-state index is 6.17. The van der Waals surface area contributed by atoms with E-state index in [9.17, 15) is 0 Å². The topological polar surface area (TPSA) is 56.7 Å². The van der Waals surface area contributed by atoms with Crippen molar-refractivity contribution < 1.29 is 0 Å². The van der Waals surface area contributed by atoms with Crippen molar-refractivity contribution in [1.82, 2.24) is 15.0 Å². The van der Waals surface area contributed by atoms with E-state index in [1.54, 1.807) is 0 Å². The summed E-state index contributed by atoms with van der Waals surface area (Å²) in [7, 11) is 0. The molecular formula is C11H20N4. The average molecular weight is 208 g/mol. The van der Waals surface area contributed by atoms with E-state index < -0.39 is 0 Å². The van der Waals surface area contributed by atoms with Crippen molar-refractivity contribution in [2.45, 2.75) is 57.5 Å². The zero-order chi connectivity index (χ0) is 10.7. The van der Waals surface area contributed by atoms with Crippen molar-refractivity contribution in [1.29, 1.82) is 0 Å². The number of hydrogen-bond donors (Lipinski definition) is 1. The van der Waals surface area contributed by atoms with Gasteiger partial charge in [-0.15, -0.1) is 5.10 Å². The summed E-state index contributed by atoms with van der Waals surface area (Å²) >= 11 is 0. The van der Waals surface area contributed by atoms with Crippen molar-refractivity contribution in [2.24, 2.45) is 5.73 Å². The van der Waals surface area contributed by atoms with Gasteiger partial charge in [-0.3, -0.25) is 0 Å². The molecular weight excluding hydrogens is 188 g/mol. The Kier molecular flexibility index (Phi) is 3.36. The van der Waals surface area contributed by atoms with Gasteiger partial charge in [0.05, 0.1) is 11.9 Å². The number of nitrogens with zero attached hydrogens (tertiary/aromatic N) is 3. The van der Waals surface area contributed by atoms with Gasteiger partial charge in [0.1, 0.15) is 0 Å². The highest BCUT2D eigenvalue weighted by molar-refractivity contribution is 5.08. The van der Waals surface area contributed by atoms with Gasteiger partial charge in [0.15, 0.2) is 0 Å². The highest BCUT2D eigenvalue weighted by Crippen LogP contribution is 2.31. The molecule has 0 saturated heterocycles. The normalized spacial score (nSPS) is 26.8. The molecule has 1 aromatic heterocycles. The van der Waals surface area contributed by atoms with Crippen molar-refractivity contribution in [3.05, 3.63) is 11.9 Å². The molecule has 2 unspecified atom stereocenters. The second kappa shape index (κ2) is 4.75. The molecule has 1 aliphatic rings. The van der Waals surface area contributed by atoms with E-state index in [2.05, 4.69) is 17.2 Å². The van der Waals surface area contributed by atoms with Gasteiger partial charge in [-0.2, -0.15) is 0 Å². The molecule has 1 fully saturated rings. The zero-order valence-corrected chi connectivity index (χ0v) is 9.39. The summed E-state index contributed by atoms with van der Waals surface area (Å²) in [5.74, 6) is 0.472.